The van der Waals surface area contributed by atoms with Crippen molar-refractivity contribution in [3.63, 3.8) is 0 Å². The molecule has 1 aliphatic carbocycles. The first-order valence-electron chi connectivity index (χ1n) is 15.1. The highest BCUT2D eigenvalue weighted by atomic mass is 19.1. The fourth-order valence-electron chi connectivity index (χ4n) is 7.22. The molecule has 5 nitrogen and oxygen atoms in total. The van der Waals surface area contributed by atoms with Crippen LogP contribution in [-0.4, -0.2) is 42.2 Å². The van der Waals surface area contributed by atoms with Gasteiger partial charge in [0, 0.05) is 36.7 Å². The van der Waals surface area contributed by atoms with Crippen molar-refractivity contribution in [2.75, 3.05) is 19.8 Å². The third-order valence-electron chi connectivity index (χ3n) is 9.01. The first kappa shape index (κ1) is 27.6. The quantitative estimate of drug-likeness (QED) is 0.240. The Hall–Kier alpha value is -3.51. The monoisotopic (exact) mass is 554 g/mol. The van der Waals surface area contributed by atoms with Crippen LogP contribution in [0.25, 0.3) is 11.1 Å². The van der Waals surface area contributed by atoms with E-state index in [-0.39, 0.29) is 11.6 Å². The number of Topliss-reactive ketones (excluding diaryl/α,β-unsaturated/α-hetero) is 1. The van der Waals surface area contributed by atoms with Crippen molar-refractivity contribution in [3.8, 4) is 22.6 Å². The second-order valence-electron chi connectivity index (χ2n) is 11.7. The summed E-state index contributed by atoms with van der Waals surface area (Å²) in [6.07, 6.45) is 4.85. The SMILES string of the molecule is CCOc1cc(CN2CC[C@H]3C(CC(=O)c4ccc5c(c4)N=C(C)C5)CC[C@H]32)cc(OCC)c1-c1ccc(F)cc1. The topological polar surface area (TPSA) is 51.1 Å². The second-order valence-corrected chi connectivity index (χ2v) is 11.7. The van der Waals surface area contributed by atoms with Crippen LogP contribution >= 0.6 is 0 Å². The van der Waals surface area contributed by atoms with Gasteiger partial charge in [0.1, 0.15) is 17.3 Å². The average Bonchev–Trinajstić information content (AvgIpc) is 3.65. The van der Waals surface area contributed by atoms with E-state index in [1.54, 1.807) is 12.1 Å². The molecule has 0 amide bonds. The zero-order chi connectivity index (χ0) is 28.5. The molecule has 6 rings (SSSR count). The molecule has 3 aliphatic rings. The van der Waals surface area contributed by atoms with Crippen LogP contribution < -0.4 is 9.47 Å². The summed E-state index contributed by atoms with van der Waals surface area (Å²) < 4.78 is 25.8. The molecule has 2 aliphatic heterocycles. The highest BCUT2D eigenvalue weighted by molar-refractivity contribution is 5.99. The number of ketones is 1. The van der Waals surface area contributed by atoms with Gasteiger partial charge in [0.05, 0.1) is 24.5 Å². The molecule has 214 valence electrons. The Kier molecular flexibility index (Phi) is 7.94. The molecule has 1 saturated heterocycles. The van der Waals surface area contributed by atoms with E-state index in [9.17, 15) is 9.18 Å². The minimum atomic E-state index is -0.266. The van der Waals surface area contributed by atoms with Crippen molar-refractivity contribution in [1.29, 1.82) is 0 Å². The van der Waals surface area contributed by atoms with Gasteiger partial charge in [-0.15, -0.1) is 0 Å². The first-order valence-corrected chi connectivity index (χ1v) is 15.1. The van der Waals surface area contributed by atoms with Crippen LogP contribution in [0.3, 0.4) is 0 Å². The van der Waals surface area contributed by atoms with E-state index in [4.69, 9.17) is 9.47 Å². The molecule has 3 aromatic carbocycles. The van der Waals surface area contributed by atoms with Crippen LogP contribution in [-0.2, 0) is 13.0 Å². The van der Waals surface area contributed by atoms with Crippen molar-refractivity contribution in [2.24, 2.45) is 16.8 Å². The number of rotatable bonds is 10. The molecular formula is C35H39FN2O3. The third-order valence-corrected chi connectivity index (χ3v) is 9.01. The van der Waals surface area contributed by atoms with E-state index in [0.29, 0.717) is 37.5 Å². The number of ether oxygens (including phenoxy) is 2. The van der Waals surface area contributed by atoms with Gasteiger partial charge in [-0.1, -0.05) is 24.3 Å². The molecular weight excluding hydrogens is 515 g/mol. The summed E-state index contributed by atoms with van der Waals surface area (Å²) in [6, 6.07) is 17.3. The van der Waals surface area contributed by atoms with Crippen molar-refractivity contribution < 1.29 is 18.7 Å². The van der Waals surface area contributed by atoms with Gasteiger partial charge in [-0.25, -0.2) is 4.39 Å². The fraction of sp³-hybridized carbons (Fsp3) is 0.429. The largest absolute Gasteiger partial charge is 0.493 e. The van der Waals surface area contributed by atoms with Gasteiger partial charge in [0.25, 0.3) is 0 Å². The molecule has 41 heavy (non-hydrogen) atoms. The predicted molar refractivity (Wildman–Crippen MR) is 161 cm³/mol. The Morgan fingerprint density at radius 3 is 2.41 bits per heavy atom. The number of carbonyl (C=O) groups is 1. The van der Waals surface area contributed by atoms with Crippen LogP contribution in [0.1, 0.15) is 67.9 Å². The lowest BCUT2D eigenvalue weighted by atomic mass is 9.87. The van der Waals surface area contributed by atoms with E-state index >= 15 is 0 Å². The molecule has 1 saturated carbocycles. The minimum absolute atomic E-state index is 0.246. The standard InChI is InChI=1S/C35H39FN2O3/c1-4-40-33-17-23(18-34(41-5-2)35(33)24-8-11-28(36)12-9-24)21-38-15-14-29-25(10-13-31(29)38)20-32(39)27-7-6-26-16-22(3)37-30(26)19-27/h6-9,11-12,17-19,25,29,31H,4-5,10,13-16,20-21H2,1-3H3/t25?,29-,31+/m0/s1. The number of likely N-dealkylation sites (tertiary alicyclic amines) is 1. The fourth-order valence-corrected chi connectivity index (χ4v) is 7.22. The summed E-state index contributed by atoms with van der Waals surface area (Å²) in [5.41, 5.74) is 6.99. The number of hydrogen-bond donors (Lipinski definition) is 0. The van der Waals surface area contributed by atoms with Crippen molar-refractivity contribution in [3.05, 3.63) is 77.1 Å². The Morgan fingerprint density at radius 1 is 0.976 bits per heavy atom. The number of aliphatic imine (C=N–C) groups is 1. The van der Waals surface area contributed by atoms with Gasteiger partial charge in [0.15, 0.2) is 5.78 Å². The summed E-state index contributed by atoms with van der Waals surface area (Å²) in [6.45, 7) is 8.90. The van der Waals surface area contributed by atoms with E-state index in [2.05, 4.69) is 28.1 Å². The zero-order valence-corrected chi connectivity index (χ0v) is 24.3. The molecule has 2 fully saturated rings. The number of halogens is 1. The predicted octanol–water partition coefficient (Wildman–Crippen LogP) is 7.81. The zero-order valence-electron chi connectivity index (χ0n) is 24.3. The van der Waals surface area contributed by atoms with Gasteiger partial charge in [-0.3, -0.25) is 14.7 Å². The highest BCUT2D eigenvalue weighted by Crippen LogP contribution is 2.46. The smallest absolute Gasteiger partial charge is 0.163 e. The average molecular weight is 555 g/mol. The van der Waals surface area contributed by atoms with Crippen molar-refractivity contribution in [2.45, 2.75) is 65.5 Å². The van der Waals surface area contributed by atoms with Gasteiger partial charge in [-0.05, 0) is 105 Å². The van der Waals surface area contributed by atoms with Crippen molar-refractivity contribution in [1.82, 2.24) is 4.90 Å². The van der Waals surface area contributed by atoms with Gasteiger partial charge in [0.2, 0.25) is 0 Å². The summed E-state index contributed by atoms with van der Waals surface area (Å²) in [5.74, 6) is 2.48. The van der Waals surface area contributed by atoms with Crippen LogP contribution in [0.2, 0.25) is 0 Å². The van der Waals surface area contributed by atoms with E-state index in [0.717, 1.165) is 83.9 Å². The molecule has 0 N–H and O–H groups in total. The molecule has 6 heteroatoms. The molecule has 0 spiro atoms. The molecule has 3 aromatic rings. The Bertz CT molecular complexity index is 1440. The molecule has 2 heterocycles. The molecule has 0 bridgehead atoms. The molecule has 3 atom stereocenters. The Morgan fingerprint density at radius 2 is 1.71 bits per heavy atom. The van der Waals surface area contributed by atoms with Crippen molar-refractivity contribution >= 4 is 17.2 Å². The van der Waals surface area contributed by atoms with Gasteiger partial charge >= 0.3 is 0 Å². The number of nitrogens with zero attached hydrogens (tertiary/aromatic N) is 2. The Balaban J connectivity index is 1.17. The van der Waals surface area contributed by atoms with E-state index in [1.165, 1.54) is 17.7 Å². The number of hydrogen-bond acceptors (Lipinski definition) is 5. The number of benzene rings is 3. The van der Waals surface area contributed by atoms with E-state index < -0.39 is 0 Å². The van der Waals surface area contributed by atoms with Crippen LogP contribution in [0.5, 0.6) is 11.5 Å². The molecule has 0 aromatic heterocycles. The third kappa shape index (κ3) is 5.67. The molecule has 1 unspecified atom stereocenters. The van der Waals surface area contributed by atoms with Gasteiger partial charge < -0.3 is 9.47 Å². The van der Waals surface area contributed by atoms with Gasteiger partial charge in [-0.2, -0.15) is 0 Å². The maximum Gasteiger partial charge on any atom is 0.163 e. The highest BCUT2D eigenvalue weighted by Gasteiger charge is 2.44. The van der Waals surface area contributed by atoms with Crippen LogP contribution in [0, 0.1) is 17.7 Å². The maximum absolute atomic E-state index is 13.7. The lowest BCUT2D eigenvalue weighted by molar-refractivity contribution is 0.0949. The summed E-state index contributed by atoms with van der Waals surface area (Å²) in [5, 5.41) is 0. The molecule has 0 radical (unpaired) electrons. The summed E-state index contributed by atoms with van der Waals surface area (Å²) in [4.78, 5) is 20.5. The number of fused-ring (bicyclic) bond motifs is 2. The lowest BCUT2D eigenvalue weighted by Gasteiger charge is -2.25. The lowest BCUT2D eigenvalue weighted by Crippen LogP contribution is -2.30. The maximum atomic E-state index is 13.7. The van der Waals surface area contributed by atoms with Crippen LogP contribution in [0.4, 0.5) is 10.1 Å². The minimum Gasteiger partial charge on any atom is -0.493 e. The Labute approximate surface area is 242 Å². The second kappa shape index (κ2) is 11.8. The first-order chi connectivity index (χ1) is 19.9. The summed E-state index contributed by atoms with van der Waals surface area (Å²) in [7, 11) is 0. The summed E-state index contributed by atoms with van der Waals surface area (Å²) >= 11 is 0. The number of carbonyl (C=O) groups excluding carboxylic acids is 1. The normalized spacial score (nSPS) is 21.5. The van der Waals surface area contributed by atoms with Crippen LogP contribution in [0.15, 0.2) is 59.6 Å². The van der Waals surface area contributed by atoms with E-state index in [1.807, 2.05) is 32.9 Å².